The number of anilines is 1. The monoisotopic (exact) mass is 474 g/mol. The number of pyridine rings is 1. The van der Waals surface area contributed by atoms with Gasteiger partial charge in [0.15, 0.2) is 0 Å². The lowest BCUT2D eigenvalue weighted by Gasteiger charge is -2.07. The van der Waals surface area contributed by atoms with Gasteiger partial charge < -0.3 is 20.5 Å². The molecule has 2 heterocycles. The van der Waals surface area contributed by atoms with E-state index < -0.39 is 5.91 Å². The molecular weight excluding hydrogens is 452 g/mol. The number of aromatic nitrogens is 2. The Morgan fingerprint density at radius 2 is 1.88 bits per heavy atom. The van der Waals surface area contributed by atoms with Gasteiger partial charge in [-0.05, 0) is 55.5 Å². The van der Waals surface area contributed by atoms with Gasteiger partial charge in [0.05, 0.1) is 30.6 Å². The lowest BCUT2D eigenvalue weighted by molar-refractivity contribution is -0.115. The minimum Gasteiger partial charge on any atom is -0.494 e. The number of hydrogen-bond acceptors (Lipinski definition) is 7. The van der Waals surface area contributed by atoms with Crippen LogP contribution in [0.3, 0.4) is 0 Å². The van der Waals surface area contributed by atoms with Gasteiger partial charge in [-0.1, -0.05) is 6.07 Å². The van der Waals surface area contributed by atoms with Crippen LogP contribution in [0.4, 0.5) is 5.69 Å². The number of ether oxygens (including phenoxy) is 2. The summed E-state index contributed by atoms with van der Waals surface area (Å²) >= 11 is 1.49. The van der Waals surface area contributed by atoms with E-state index in [4.69, 9.17) is 15.2 Å². The van der Waals surface area contributed by atoms with Gasteiger partial charge in [0.2, 0.25) is 17.7 Å². The standard InChI is InChI=1S/C25H22N4O4S/c1-2-32-20-9-6-16(7-10-20)25-29-19(15-34-25)13-22(30)28-18-8-11-23(27-14-18)33-21-5-3-4-17(12-21)24(26)31/h3-12,14-15H,2,13H2,1H3,(H2,26,31)(H,28,30). The minimum absolute atomic E-state index is 0.145. The second kappa shape index (κ2) is 10.6. The molecule has 4 aromatic rings. The fourth-order valence-corrected chi connectivity index (χ4v) is 3.92. The van der Waals surface area contributed by atoms with Crippen LogP contribution in [0, 0.1) is 0 Å². The Bertz CT molecular complexity index is 1290. The lowest BCUT2D eigenvalue weighted by atomic mass is 10.2. The normalized spacial score (nSPS) is 10.5. The highest BCUT2D eigenvalue weighted by molar-refractivity contribution is 7.13. The fourth-order valence-electron chi connectivity index (χ4n) is 3.10. The van der Waals surface area contributed by atoms with E-state index in [1.165, 1.54) is 23.6 Å². The number of rotatable bonds is 9. The Hall–Kier alpha value is -4.24. The van der Waals surface area contributed by atoms with E-state index in [-0.39, 0.29) is 12.3 Å². The van der Waals surface area contributed by atoms with Gasteiger partial charge in [0.25, 0.3) is 0 Å². The molecule has 0 fully saturated rings. The molecule has 2 aromatic heterocycles. The average Bonchev–Trinajstić information content (AvgIpc) is 3.29. The van der Waals surface area contributed by atoms with E-state index in [2.05, 4.69) is 15.3 Å². The zero-order chi connectivity index (χ0) is 23.9. The molecule has 0 aliphatic carbocycles. The van der Waals surface area contributed by atoms with Crippen molar-refractivity contribution in [2.45, 2.75) is 13.3 Å². The van der Waals surface area contributed by atoms with E-state index in [1.807, 2.05) is 36.6 Å². The van der Waals surface area contributed by atoms with Crippen LogP contribution in [0.2, 0.25) is 0 Å². The Kier molecular flexibility index (Phi) is 7.14. The maximum atomic E-state index is 12.5. The largest absolute Gasteiger partial charge is 0.494 e. The number of benzene rings is 2. The Morgan fingerprint density at radius 3 is 2.59 bits per heavy atom. The molecule has 172 valence electrons. The van der Waals surface area contributed by atoms with Crippen molar-refractivity contribution in [2.24, 2.45) is 5.73 Å². The first-order valence-corrected chi connectivity index (χ1v) is 11.4. The van der Waals surface area contributed by atoms with E-state index in [0.29, 0.717) is 35.2 Å². The number of hydrogen-bond donors (Lipinski definition) is 2. The van der Waals surface area contributed by atoms with E-state index in [1.54, 1.807) is 30.3 Å². The molecule has 0 radical (unpaired) electrons. The summed E-state index contributed by atoms with van der Waals surface area (Å²) in [6.45, 7) is 2.56. The number of carbonyl (C=O) groups is 2. The van der Waals surface area contributed by atoms with Crippen LogP contribution in [-0.2, 0) is 11.2 Å². The zero-order valence-corrected chi connectivity index (χ0v) is 19.2. The third-order valence-electron chi connectivity index (χ3n) is 4.67. The second-order valence-electron chi connectivity index (χ2n) is 7.21. The third kappa shape index (κ3) is 5.96. The molecule has 2 amide bonds. The van der Waals surface area contributed by atoms with Crippen molar-refractivity contribution < 1.29 is 19.1 Å². The summed E-state index contributed by atoms with van der Waals surface area (Å²) in [7, 11) is 0. The van der Waals surface area contributed by atoms with Crippen molar-refractivity contribution in [2.75, 3.05) is 11.9 Å². The second-order valence-corrected chi connectivity index (χ2v) is 8.06. The molecule has 9 heteroatoms. The molecule has 0 aliphatic heterocycles. The van der Waals surface area contributed by atoms with E-state index in [0.717, 1.165) is 16.3 Å². The van der Waals surface area contributed by atoms with Gasteiger partial charge in [-0.2, -0.15) is 0 Å². The van der Waals surface area contributed by atoms with Crippen LogP contribution in [0.5, 0.6) is 17.4 Å². The minimum atomic E-state index is -0.539. The summed E-state index contributed by atoms with van der Waals surface area (Å²) < 4.78 is 11.1. The average molecular weight is 475 g/mol. The van der Waals surface area contributed by atoms with Crippen LogP contribution in [0.1, 0.15) is 23.0 Å². The van der Waals surface area contributed by atoms with Crippen molar-refractivity contribution in [1.82, 2.24) is 9.97 Å². The smallest absolute Gasteiger partial charge is 0.248 e. The molecule has 0 atom stereocenters. The number of amides is 2. The summed E-state index contributed by atoms with van der Waals surface area (Å²) in [6.07, 6.45) is 1.64. The summed E-state index contributed by atoms with van der Waals surface area (Å²) in [5, 5.41) is 5.52. The first-order valence-electron chi connectivity index (χ1n) is 10.5. The lowest BCUT2D eigenvalue weighted by Crippen LogP contribution is -2.14. The van der Waals surface area contributed by atoms with Gasteiger partial charge in [0, 0.05) is 22.6 Å². The van der Waals surface area contributed by atoms with Crippen LogP contribution >= 0.6 is 11.3 Å². The first-order chi connectivity index (χ1) is 16.5. The molecule has 0 bridgehead atoms. The van der Waals surface area contributed by atoms with Crippen LogP contribution in [-0.4, -0.2) is 28.4 Å². The van der Waals surface area contributed by atoms with Gasteiger partial charge in [0.1, 0.15) is 16.5 Å². The van der Waals surface area contributed by atoms with Crippen LogP contribution in [0.25, 0.3) is 10.6 Å². The fraction of sp³-hybridized carbons (Fsp3) is 0.120. The van der Waals surface area contributed by atoms with Crippen molar-refractivity contribution in [3.05, 3.63) is 83.5 Å². The molecule has 0 spiro atoms. The number of carbonyl (C=O) groups excluding carboxylic acids is 2. The molecular formula is C25H22N4O4S. The molecule has 0 saturated heterocycles. The summed E-state index contributed by atoms with van der Waals surface area (Å²) in [5.41, 5.74) is 7.82. The Balaban J connectivity index is 1.33. The zero-order valence-electron chi connectivity index (χ0n) is 18.4. The molecule has 0 unspecified atom stereocenters. The molecule has 3 N–H and O–H groups in total. The maximum Gasteiger partial charge on any atom is 0.248 e. The van der Waals surface area contributed by atoms with E-state index in [9.17, 15) is 9.59 Å². The summed E-state index contributed by atoms with van der Waals surface area (Å²) in [4.78, 5) is 32.5. The number of nitrogens with one attached hydrogen (secondary N) is 1. The number of thiazole rings is 1. The highest BCUT2D eigenvalue weighted by Gasteiger charge is 2.11. The quantitative estimate of drug-likeness (QED) is 0.364. The number of primary amides is 1. The topological polar surface area (TPSA) is 116 Å². The van der Waals surface area contributed by atoms with Gasteiger partial charge >= 0.3 is 0 Å². The predicted octanol–water partition coefficient (Wildman–Crippen LogP) is 4.68. The first kappa shape index (κ1) is 22.9. The Labute approximate surface area is 200 Å². The van der Waals surface area contributed by atoms with Crippen LogP contribution in [0.15, 0.2) is 72.2 Å². The van der Waals surface area contributed by atoms with Gasteiger partial charge in [-0.25, -0.2) is 9.97 Å². The molecule has 4 rings (SSSR count). The SMILES string of the molecule is CCOc1ccc(-c2nc(CC(=O)Nc3ccc(Oc4cccc(C(N)=O)c4)nc3)cs2)cc1. The summed E-state index contributed by atoms with van der Waals surface area (Å²) in [5.74, 6) is 0.828. The maximum absolute atomic E-state index is 12.5. The van der Waals surface area contributed by atoms with Crippen molar-refractivity contribution >= 4 is 28.8 Å². The van der Waals surface area contributed by atoms with E-state index >= 15 is 0 Å². The highest BCUT2D eigenvalue weighted by atomic mass is 32.1. The predicted molar refractivity (Wildman–Crippen MR) is 130 cm³/mol. The van der Waals surface area contributed by atoms with Crippen molar-refractivity contribution in [3.8, 4) is 28.0 Å². The third-order valence-corrected chi connectivity index (χ3v) is 5.61. The van der Waals surface area contributed by atoms with Gasteiger partial charge in [-0.15, -0.1) is 11.3 Å². The molecule has 0 aliphatic rings. The molecule has 2 aromatic carbocycles. The Morgan fingerprint density at radius 1 is 1.06 bits per heavy atom. The number of nitrogens with zero attached hydrogens (tertiary/aromatic N) is 2. The molecule has 0 saturated carbocycles. The van der Waals surface area contributed by atoms with Crippen LogP contribution < -0.4 is 20.5 Å². The molecule has 34 heavy (non-hydrogen) atoms. The molecule has 8 nitrogen and oxygen atoms in total. The highest BCUT2D eigenvalue weighted by Crippen LogP contribution is 2.26. The summed E-state index contributed by atoms with van der Waals surface area (Å²) in [6, 6.07) is 17.5. The van der Waals surface area contributed by atoms with Gasteiger partial charge in [-0.3, -0.25) is 9.59 Å². The number of nitrogens with two attached hydrogens (primary N) is 1. The van der Waals surface area contributed by atoms with Crippen molar-refractivity contribution in [3.63, 3.8) is 0 Å². The van der Waals surface area contributed by atoms with Crippen molar-refractivity contribution in [1.29, 1.82) is 0 Å².